The van der Waals surface area contributed by atoms with Gasteiger partial charge >= 0.3 is 0 Å². The number of nitrogens with zero attached hydrogens (tertiary/aromatic N) is 2. The molecule has 0 N–H and O–H groups in total. The van der Waals surface area contributed by atoms with Gasteiger partial charge in [-0.05, 0) is 67.1 Å². The molecular weight excluding hydrogens is 448 g/mol. The van der Waals surface area contributed by atoms with Crippen LogP contribution >= 0.6 is 15.9 Å². The average molecular weight is 477 g/mol. The lowest BCUT2D eigenvalue weighted by Gasteiger charge is -2.12. The fraction of sp³-hybridized carbons (Fsp3) is 0.296. The molecule has 4 aromatic rings. The Morgan fingerprint density at radius 1 is 0.935 bits per heavy atom. The van der Waals surface area contributed by atoms with Crippen LogP contribution in [0.3, 0.4) is 0 Å². The van der Waals surface area contributed by atoms with Gasteiger partial charge < -0.3 is 9.30 Å². The van der Waals surface area contributed by atoms with Crippen LogP contribution in [0.1, 0.15) is 44.6 Å². The van der Waals surface area contributed by atoms with Crippen molar-refractivity contribution < 1.29 is 4.74 Å². The summed E-state index contributed by atoms with van der Waals surface area (Å²) >= 11 is 3.52. The van der Waals surface area contributed by atoms with Gasteiger partial charge in [-0.3, -0.25) is 0 Å². The molecule has 0 aliphatic carbocycles. The summed E-state index contributed by atoms with van der Waals surface area (Å²) in [5.41, 5.74) is 4.74. The summed E-state index contributed by atoms with van der Waals surface area (Å²) < 4.78 is 9.39. The maximum atomic E-state index is 5.98. The van der Waals surface area contributed by atoms with Crippen LogP contribution < -0.4 is 4.74 Å². The normalized spacial score (nSPS) is 12.2. The molecule has 3 aromatic carbocycles. The molecular formula is C27H29BrN2O. The molecule has 0 aliphatic rings. The number of fused-ring (bicyclic) bond motifs is 1. The molecule has 3 nitrogen and oxygen atoms in total. The number of unbranched alkanes of at least 4 members (excludes halogenated alkanes) is 1. The third-order valence-electron chi connectivity index (χ3n) is 5.86. The molecule has 0 radical (unpaired) electrons. The number of aryl methyl sites for hydroxylation is 1. The predicted molar refractivity (Wildman–Crippen MR) is 133 cm³/mol. The quantitative estimate of drug-likeness (QED) is 0.230. The maximum Gasteiger partial charge on any atom is 0.141 e. The minimum Gasteiger partial charge on any atom is -0.494 e. The number of hydrogen-bond donors (Lipinski definition) is 0. The Labute approximate surface area is 193 Å². The highest BCUT2D eigenvalue weighted by atomic mass is 79.9. The van der Waals surface area contributed by atoms with Gasteiger partial charge in [0, 0.05) is 16.6 Å². The Bertz CT molecular complexity index is 1120. The number of hydrogen-bond acceptors (Lipinski definition) is 2. The number of ether oxygens (including phenoxy) is 1. The summed E-state index contributed by atoms with van der Waals surface area (Å²) in [5.74, 6) is 2.57. The van der Waals surface area contributed by atoms with Crippen LogP contribution in [0, 0.1) is 0 Å². The highest BCUT2D eigenvalue weighted by molar-refractivity contribution is 9.10. The van der Waals surface area contributed by atoms with Crippen molar-refractivity contribution in [1.82, 2.24) is 9.55 Å². The lowest BCUT2D eigenvalue weighted by molar-refractivity contribution is 0.303. The first-order chi connectivity index (χ1) is 15.2. The summed E-state index contributed by atoms with van der Waals surface area (Å²) in [6.45, 7) is 6.13. The maximum absolute atomic E-state index is 5.98. The van der Waals surface area contributed by atoms with Crippen molar-refractivity contribution in [2.24, 2.45) is 0 Å². The number of rotatable bonds is 9. The Morgan fingerprint density at radius 2 is 1.68 bits per heavy atom. The Kier molecular flexibility index (Phi) is 7.08. The SMILES string of the molecule is CCC(C)c1ccc(OCCCCn2c(-c3ccc(Br)cc3)nc3ccccc32)cc1. The van der Waals surface area contributed by atoms with Crippen LogP contribution in [-0.4, -0.2) is 16.2 Å². The molecule has 4 rings (SSSR count). The molecule has 0 aliphatic heterocycles. The first-order valence-corrected chi connectivity index (χ1v) is 11.9. The first kappa shape index (κ1) is 21.6. The highest BCUT2D eigenvalue weighted by Crippen LogP contribution is 2.27. The number of halogens is 1. The zero-order valence-corrected chi connectivity index (χ0v) is 19.8. The summed E-state index contributed by atoms with van der Waals surface area (Å²) in [4.78, 5) is 4.90. The van der Waals surface area contributed by atoms with Crippen molar-refractivity contribution in [2.45, 2.75) is 45.6 Å². The van der Waals surface area contributed by atoms with Gasteiger partial charge in [-0.1, -0.05) is 66.2 Å². The van der Waals surface area contributed by atoms with E-state index in [0.717, 1.165) is 59.5 Å². The van der Waals surface area contributed by atoms with Gasteiger partial charge in [-0.2, -0.15) is 0 Å². The Morgan fingerprint density at radius 3 is 2.42 bits per heavy atom. The largest absolute Gasteiger partial charge is 0.494 e. The van der Waals surface area contributed by atoms with Gasteiger partial charge in [0.15, 0.2) is 0 Å². The third-order valence-corrected chi connectivity index (χ3v) is 6.39. The van der Waals surface area contributed by atoms with Gasteiger partial charge in [0.2, 0.25) is 0 Å². The van der Waals surface area contributed by atoms with E-state index < -0.39 is 0 Å². The minimum atomic E-state index is 0.596. The second kappa shape index (κ2) is 10.1. The summed E-state index contributed by atoms with van der Waals surface area (Å²) in [5, 5.41) is 0. The van der Waals surface area contributed by atoms with Crippen LogP contribution in [0.15, 0.2) is 77.3 Å². The standard InChI is InChI=1S/C27H29BrN2O/c1-3-20(2)21-12-16-24(17-13-21)31-19-7-6-18-30-26-9-5-4-8-25(26)29-27(30)22-10-14-23(28)15-11-22/h4-5,8-17,20H,3,6-7,18-19H2,1-2H3. The van der Waals surface area contributed by atoms with Crippen molar-refractivity contribution in [3.63, 3.8) is 0 Å². The van der Waals surface area contributed by atoms with E-state index in [1.807, 2.05) is 6.07 Å². The second-order valence-electron chi connectivity index (χ2n) is 8.02. The predicted octanol–water partition coefficient (Wildman–Crippen LogP) is 7.84. The fourth-order valence-corrected chi connectivity index (χ4v) is 4.08. The van der Waals surface area contributed by atoms with Crippen molar-refractivity contribution in [3.05, 3.63) is 82.8 Å². The number of benzene rings is 3. The topological polar surface area (TPSA) is 27.1 Å². The van der Waals surface area contributed by atoms with Gasteiger partial charge in [-0.25, -0.2) is 4.98 Å². The molecule has 1 heterocycles. The van der Waals surface area contributed by atoms with Gasteiger partial charge in [0.05, 0.1) is 17.6 Å². The summed E-state index contributed by atoms with van der Waals surface area (Å²) in [6, 6.07) is 25.3. The average Bonchev–Trinajstić information content (AvgIpc) is 3.18. The van der Waals surface area contributed by atoms with Crippen molar-refractivity contribution in [2.75, 3.05) is 6.61 Å². The summed E-state index contributed by atoms with van der Waals surface area (Å²) in [7, 11) is 0. The first-order valence-electron chi connectivity index (χ1n) is 11.1. The van der Waals surface area contributed by atoms with Crippen molar-refractivity contribution in [3.8, 4) is 17.1 Å². The van der Waals surface area contributed by atoms with Gasteiger partial charge in [-0.15, -0.1) is 0 Å². The molecule has 0 bridgehead atoms. The zero-order chi connectivity index (χ0) is 21.6. The third kappa shape index (κ3) is 5.19. The van der Waals surface area contributed by atoms with E-state index in [4.69, 9.17) is 9.72 Å². The number of imidazole rings is 1. The van der Waals surface area contributed by atoms with E-state index in [2.05, 4.69) is 101 Å². The zero-order valence-electron chi connectivity index (χ0n) is 18.2. The molecule has 4 heteroatoms. The monoisotopic (exact) mass is 476 g/mol. The van der Waals surface area contributed by atoms with Crippen molar-refractivity contribution >= 4 is 27.0 Å². The van der Waals surface area contributed by atoms with Crippen LogP contribution in [0.25, 0.3) is 22.4 Å². The molecule has 0 fully saturated rings. The van der Waals surface area contributed by atoms with Crippen LogP contribution in [-0.2, 0) is 6.54 Å². The van der Waals surface area contributed by atoms with E-state index in [1.165, 1.54) is 11.1 Å². The number of para-hydroxylation sites is 2. The van der Waals surface area contributed by atoms with Crippen molar-refractivity contribution in [1.29, 1.82) is 0 Å². The van der Waals surface area contributed by atoms with E-state index in [9.17, 15) is 0 Å². The second-order valence-corrected chi connectivity index (χ2v) is 8.93. The van der Waals surface area contributed by atoms with Crippen LogP contribution in [0.5, 0.6) is 5.75 Å². The fourth-order valence-electron chi connectivity index (χ4n) is 3.81. The molecule has 160 valence electrons. The van der Waals surface area contributed by atoms with E-state index in [1.54, 1.807) is 0 Å². The lowest BCUT2D eigenvalue weighted by atomic mass is 9.99. The van der Waals surface area contributed by atoms with Gasteiger partial charge in [0.25, 0.3) is 0 Å². The van der Waals surface area contributed by atoms with E-state index in [-0.39, 0.29) is 0 Å². The van der Waals surface area contributed by atoms with Crippen LogP contribution in [0.4, 0.5) is 0 Å². The highest BCUT2D eigenvalue weighted by Gasteiger charge is 2.12. The molecule has 0 saturated carbocycles. The molecule has 31 heavy (non-hydrogen) atoms. The molecule has 1 atom stereocenters. The molecule has 1 aromatic heterocycles. The Hall–Kier alpha value is -2.59. The number of aromatic nitrogens is 2. The van der Waals surface area contributed by atoms with Crippen LogP contribution in [0.2, 0.25) is 0 Å². The molecule has 0 amide bonds. The van der Waals surface area contributed by atoms with E-state index >= 15 is 0 Å². The molecule has 1 unspecified atom stereocenters. The smallest absolute Gasteiger partial charge is 0.141 e. The van der Waals surface area contributed by atoms with Gasteiger partial charge in [0.1, 0.15) is 11.6 Å². The minimum absolute atomic E-state index is 0.596. The molecule has 0 spiro atoms. The lowest BCUT2D eigenvalue weighted by Crippen LogP contribution is -2.04. The van der Waals surface area contributed by atoms with E-state index in [0.29, 0.717) is 5.92 Å². The summed E-state index contributed by atoms with van der Waals surface area (Å²) in [6.07, 6.45) is 3.19. The molecule has 0 saturated heterocycles. The Balaban J connectivity index is 1.39.